The van der Waals surface area contributed by atoms with Crippen LogP contribution in [0.1, 0.15) is 46.0 Å². The Bertz CT molecular complexity index is 250. The molecule has 0 nitrogen and oxygen atoms in total. The van der Waals surface area contributed by atoms with E-state index in [-0.39, 0.29) is 0 Å². The first-order chi connectivity index (χ1) is 6.01. The fourth-order valence-corrected chi connectivity index (χ4v) is 5.66. The summed E-state index contributed by atoms with van der Waals surface area (Å²) in [6, 6.07) is 0. The minimum atomic E-state index is 0.684. The van der Waals surface area contributed by atoms with Crippen LogP contribution >= 0.6 is 9.24 Å². The Balaban J connectivity index is 2.01. The van der Waals surface area contributed by atoms with E-state index in [1.807, 2.05) is 0 Å². The fraction of sp³-hybridized carbons (Fsp3) is 1.00. The Morgan fingerprint density at radius 1 is 1.15 bits per heavy atom. The third kappa shape index (κ3) is 1.08. The Labute approximate surface area is 84.1 Å². The first kappa shape index (κ1) is 8.72. The van der Waals surface area contributed by atoms with Crippen molar-refractivity contribution in [2.75, 3.05) is 0 Å². The summed E-state index contributed by atoms with van der Waals surface area (Å²) in [5, 5.41) is 0. The molecular weight excluding hydrogens is 175 g/mol. The van der Waals surface area contributed by atoms with Crippen molar-refractivity contribution >= 4 is 9.24 Å². The molecule has 0 aliphatic heterocycles. The molecule has 0 heterocycles. The van der Waals surface area contributed by atoms with Crippen molar-refractivity contribution in [1.82, 2.24) is 0 Å². The van der Waals surface area contributed by atoms with Gasteiger partial charge in [0.05, 0.1) is 0 Å². The fourth-order valence-electron chi connectivity index (χ4n) is 5.11. The number of rotatable bonds is 0. The van der Waals surface area contributed by atoms with Crippen LogP contribution in [0.25, 0.3) is 0 Å². The lowest BCUT2D eigenvalue weighted by Crippen LogP contribution is -2.55. The minimum Gasteiger partial charge on any atom is -0.134 e. The summed E-state index contributed by atoms with van der Waals surface area (Å²) in [4.78, 5) is 0. The molecule has 74 valence electrons. The molecule has 0 spiro atoms. The van der Waals surface area contributed by atoms with E-state index >= 15 is 0 Å². The highest BCUT2D eigenvalue weighted by Gasteiger charge is 2.57. The Morgan fingerprint density at radius 2 is 1.92 bits per heavy atom. The van der Waals surface area contributed by atoms with Crippen LogP contribution in [-0.2, 0) is 0 Å². The van der Waals surface area contributed by atoms with Crippen LogP contribution in [0, 0.1) is 22.7 Å². The number of hydrogen-bond acceptors (Lipinski definition) is 0. The van der Waals surface area contributed by atoms with Crippen LogP contribution < -0.4 is 0 Å². The zero-order valence-electron chi connectivity index (χ0n) is 8.84. The quantitative estimate of drug-likeness (QED) is 0.520. The first-order valence-corrected chi connectivity index (χ1v) is 6.43. The van der Waals surface area contributed by atoms with E-state index < -0.39 is 0 Å². The summed E-state index contributed by atoms with van der Waals surface area (Å²) in [6.45, 7) is 5.08. The van der Waals surface area contributed by atoms with E-state index in [4.69, 9.17) is 0 Å². The number of hydrogen-bond donors (Lipinski definition) is 0. The summed E-state index contributed by atoms with van der Waals surface area (Å²) in [7, 11) is 3.16. The Morgan fingerprint density at radius 3 is 2.54 bits per heavy atom. The minimum absolute atomic E-state index is 0.684. The molecule has 0 aromatic carbocycles. The predicted molar refractivity (Wildman–Crippen MR) is 59.8 cm³/mol. The molecule has 0 amide bonds. The summed E-state index contributed by atoms with van der Waals surface area (Å²) in [6.07, 6.45) is 7.62. The lowest BCUT2D eigenvalue weighted by atomic mass is 9.45. The Hall–Kier alpha value is 0.430. The molecule has 6 unspecified atom stereocenters. The van der Waals surface area contributed by atoms with Gasteiger partial charge in [-0.1, -0.05) is 13.8 Å². The van der Waals surface area contributed by atoms with Crippen molar-refractivity contribution in [3.63, 3.8) is 0 Å². The van der Waals surface area contributed by atoms with Gasteiger partial charge >= 0.3 is 0 Å². The van der Waals surface area contributed by atoms with Crippen molar-refractivity contribution < 1.29 is 0 Å². The summed E-state index contributed by atoms with van der Waals surface area (Å²) in [5.74, 6) is 2.13. The predicted octanol–water partition coefficient (Wildman–Crippen LogP) is 3.47. The molecule has 6 atom stereocenters. The van der Waals surface area contributed by atoms with Gasteiger partial charge in [-0.2, -0.15) is 0 Å². The second-order valence-corrected chi connectivity index (χ2v) is 7.36. The van der Waals surface area contributed by atoms with Crippen LogP contribution in [-0.4, -0.2) is 5.66 Å². The van der Waals surface area contributed by atoms with Gasteiger partial charge in [0.1, 0.15) is 0 Å². The summed E-state index contributed by atoms with van der Waals surface area (Å²) in [5.41, 5.74) is 2.34. The van der Waals surface area contributed by atoms with E-state index in [2.05, 4.69) is 23.1 Å². The highest BCUT2D eigenvalue weighted by molar-refractivity contribution is 7.17. The zero-order valence-corrected chi connectivity index (χ0v) is 10.00. The molecule has 4 aliphatic carbocycles. The van der Waals surface area contributed by atoms with Crippen LogP contribution in [0.4, 0.5) is 0 Å². The molecule has 4 saturated carbocycles. The van der Waals surface area contributed by atoms with Crippen molar-refractivity contribution in [3.8, 4) is 0 Å². The van der Waals surface area contributed by atoms with E-state index in [0.29, 0.717) is 5.41 Å². The second kappa shape index (κ2) is 2.32. The first-order valence-electron chi connectivity index (χ1n) is 5.76. The third-order valence-corrected chi connectivity index (χ3v) is 6.42. The molecule has 0 saturated heterocycles. The zero-order chi connectivity index (χ0) is 9.27. The third-order valence-electron chi connectivity index (χ3n) is 5.07. The molecule has 4 fully saturated rings. The van der Waals surface area contributed by atoms with Crippen molar-refractivity contribution in [3.05, 3.63) is 0 Å². The normalized spacial score (nSPS) is 64.4. The molecular formula is C12H21P. The largest absolute Gasteiger partial charge is 0.134 e. The van der Waals surface area contributed by atoms with E-state index in [9.17, 15) is 0 Å². The van der Waals surface area contributed by atoms with Crippen LogP contribution in [0.5, 0.6) is 0 Å². The average molecular weight is 196 g/mol. The highest BCUT2D eigenvalue weighted by Crippen LogP contribution is 2.66. The lowest BCUT2D eigenvalue weighted by molar-refractivity contribution is -0.0859. The van der Waals surface area contributed by atoms with Crippen LogP contribution in [0.15, 0.2) is 0 Å². The molecule has 0 aromatic heterocycles. The van der Waals surface area contributed by atoms with Gasteiger partial charge in [0.15, 0.2) is 0 Å². The monoisotopic (exact) mass is 196 g/mol. The molecule has 0 N–H and O–H groups in total. The van der Waals surface area contributed by atoms with Gasteiger partial charge in [0.2, 0.25) is 0 Å². The molecule has 4 rings (SSSR count). The second-order valence-electron chi connectivity index (χ2n) is 6.64. The van der Waals surface area contributed by atoms with Gasteiger partial charge in [-0.25, -0.2) is 0 Å². The van der Waals surface area contributed by atoms with Crippen molar-refractivity contribution in [2.45, 2.75) is 51.6 Å². The lowest BCUT2D eigenvalue weighted by Gasteiger charge is -2.63. The van der Waals surface area contributed by atoms with Crippen LogP contribution in [0.3, 0.4) is 0 Å². The molecule has 4 bridgehead atoms. The van der Waals surface area contributed by atoms with E-state index in [0.717, 1.165) is 22.9 Å². The van der Waals surface area contributed by atoms with Gasteiger partial charge in [-0.15, -0.1) is 9.24 Å². The SMILES string of the molecule is CC12CC3CC(C1)C(P)C(C)(C3)C2. The van der Waals surface area contributed by atoms with E-state index in [1.54, 1.807) is 6.42 Å². The molecule has 0 aromatic rings. The van der Waals surface area contributed by atoms with Crippen molar-refractivity contribution in [1.29, 1.82) is 0 Å². The van der Waals surface area contributed by atoms with Crippen molar-refractivity contribution in [2.24, 2.45) is 22.7 Å². The van der Waals surface area contributed by atoms with Gasteiger partial charge in [0, 0.05) is 0 Å². The molecule has 4 aliphatic rings. The van der Waals surface area contributed by atoms with Gasteiger partial charge in [-0.05, 0) is 60.4 Å². The summed E-state index contributed by atoms with van der Waals surface area (Å²) < 4.78 is 0. The average Bonchev–Trinajstić information content (AvgIpc) is 1.96. The van der Waals surface area contributed by atoms with Crippen LogP contribution in [0.2, 0.25) is 0 Å². The standard InChI is InChI=1S/C12H21P/c1-11-4-8-3-9(6-11)10(13)12(2,5-8)7-11/h8-10H,3-7,13H2,1-2H3. The summed E-state index contributed by atoms with van der Waals surface area (Å²) >= 11 is 0. The topological polar surface area (TPSA) is 0 Å². The maximum Gasteiger partial charge on any atom is -0.0181 e. The molecule has 1 heteroatoms. The van der Waals surface area contributed by atoms with Gasteiger partial charge < -0.3 is 0 Å². The smallest absolute Gasteiger partial charge is 0.0181 e. The maximum atomic E-state index is 3.16. The van der Waals surface area contributed by atoms with Gasteiger partial charge in [-0.3, -0.25) is 0 Å². The van der Waals surface area contributed by atoms with Gasteiger partial charge in [0.25, 0.3) is 0 Å². The van der Waals surface area contributed by atoms with E-state index in [1.165, 1.54) is 25.7 Å². The molecule has 0 radical (unpaired) electrons. The Kier molecular flexibility index (Phi) is 1.56. The highest BCUT2D eigenvalue weighted by atomic mass is 31.0. The molecule has 13 heavy (non-hydrogen) atoms. The maximum absolute atomic E-state index is 3.16.